The molecule has 0 saturated carbocycles. The van der Waals surface area contributed by atoms with Gasteiger partial charge in [-0.1, -0.05) is 30.3 Å². The number of aromatic nitrogens is 1. The fourth-order valence-electron chi connectivity index (χ4n) is 3.20. The standard InChI is InChI=1S/C20H20N4O2/c25-19(22-13-15-4-2-1-3-5-15)14-23-10-11-24(20(23)26)17-6-7-18-16(12-17)8-9-21-18/h1-9,12,21H,10-11,13-14H2,(H,22,25). The summed E-state index contributed by atoms with van der Waals surface area (Å²) in [4.78, 5) is 31.3. The molecule has 2 N–H and O–H groups in total. The second kappa shape index (κ2) is 6.92. The molecule has 4 rings (SSSR count). The van der Waals surface area contributed by atoms with Gasteiger partial charge >= 0.3 is 6.03 Å². The van der Waals surface area contributed by atoms with E-state index >= 15 is 0 Å². The molecule has 6 heteroatoms. The molecule has 0 spiro atoms. The number of carbonyl (C=O) groups is 2. The number of nitrogens with zero attached hydrogens (tertiary/aromatic N) is 2. The van der Waals surface area contributed by atoms with Crippen molar-refractivity contribution in [1.29, 1.82) is 0 Å². The molecule has 1 fully saturated rings. The van der Waals surface area contributed by atoms with E-state index in [-0.39, 0.29) is 18.5 Å². The van der Waals surface area contributed by atoms with Gasteiger partial charge in [0, 0.05) is 42.4 Å². The van der Waals surface area contributed by atoms with Crippen molar-refractivity contribution in [2.24, 2.45) is 0 Å². The zero-order chi connectivity index (χ0) is 17.9. The summed E-state index contributed by atoms with van der Waals surface area (Å²) in [5.74, 6) is -0.148. The molecule has 0 aliphatic carbocycles. The first-order valence-electron chi connectivity index (χ1n) is 8.65. The Morgan fingerprint density at radius 1 is 1.08 bits per heavy atom. The van der Waals surface area contributed by atoms with Gasteiger partial charge in [0.1, 0.15) is 6.54 Å². The quantitative estimate of drug-likeness (QED) is 0.744. The molecule has 1 aliphatic rings. The molecular formula is C20H20N4O2. The van der Waals surface area contributed by atoms with Gasteiger partial charge in [-0.15, -0.1) is 0 Å². The van der Waals surface area contributed by atoms with Crippen LogP contribution in [0.25, 0.3) is 10.9 Å². The number of H-pyrrole nitrogens is 1. The van der Waals surface area contributed by atoms with E-state index in [1.807, 2.05) is 60.8 Å². The van der Waals surface area contributed by atoms with Gasteiger partial charge in [0.25, 0.3) is 0 Å². The van der Waals surface area contributed by atoms with Crippen molar-refractivity contribution < 1.29 is 9.59 Å². The minimum absolute atomic E-state index is 0.0779. The van der Waals surface area contributed by atoms with Gasteiger partial charge in [0.2, 0.25) is 5.91 Å². The molecule has 26 heavy (non-hydrogen) atoms. The van der Waals surface area contributed by atoms with E-state index in [9.17, 15) is 9.59 Å². The monoisotopic (exact) mass is 348 g/mol. The minimum atomic E-state index is -0.148. The van der Waals surface area contributed by atoms with Crippen molar-refractivity contribution in [2.75, 3.05) is 24.5 Å². The highest BCUT2D eigenvalue weighted by Gasteiger charge is 2.30. The van der Waals surface area contributed by atoms with Crippen molar-refractivity contribution >= 4 is 28.5 Å². The molecule has 1 aromatic heterocycles. The lowest BCUT2D eigenvalue weighted by Gasteiger charge is -2.18. The Balaban J connectivity index is 1.36. The maximum absolute atomic E-state index is 12.7. The van der Waals surface area contributed by atoms with Crippen LogP contribution in [0.3, 0.4) is 0 Å². The average Bonchev–Trinajstić information content (AvgIpc) is 3.27. The number of hydrogen-bond acceptors (Lipinski definition) is 2. The van der Waals surface area contributed by atoms with Gasteiger partial charge in [-0.25, -0.2) is 4.79 Å². The zero-order valence-electron chi connectivity index (χ0n) is 14.3. The molecule has 132 valence electrons. The predicted molar refractivity (Wildman–Crippen MR) is 101 cm³/mol. The molecule has 2 heterocycles. The van der Waals surface area contributed by atoms with Crippen molar-refractivity contribution in [3.05, 3.63) is 66.4 Å². The lowest BCUT2D eigenvalue weighted by Crippen LogP contribution is -2.39. The third kappa shape index (κ3) is 3.26. The molecule has 3 amide bonds. The van der Waals surface area contributed by atoms with Crippen LogP contribution in [0.1, 0.15) is 5.56 Å². The highest BCUT2D eigenvalue weighted by molar-refractivity contribution is 5.98. The molecule has 0 radical (unpaired) electrons. The van der Waals surface area contributed by atoms with E-state index in [1.165, 1.54) is 0 Å². The molecule has 0 atom stereocenters. The van der Waals surface area contributed by atoms with E-state index in [0.717, 1.165) is 22.2 Å². The van der Waals surface area contributed by atoms with Crippen LogP contribution in [0.5, 0.6) is 0 Å². The maximum atomic E-state index is 12.7. The largest absolute Gasteiger partial charge is 0.361 e. The fraction of sp³-hybridized carbons (Fsp3) is 0.200. The topological polar surface area (TPSA) is 68.4 Å². The highest BCUT2D eigenvalue weighted by atomic mass is 16.2. The predicted octanol–water partition coefficient (Wildman–Crippen LogP) is 2.73. The molecular weight excluding hydrogens is 328 g/mol. The normalized spacial score (nSPS) is 14.2. The Labute approximate surface area is 151 Å². The van der Waals surface area contributed by atoms with Crippen molar-refractivity contribution in [3.8, 4) is 0 Å². The fourth-order valence-corrected chi connectivity index (χ4v) is 3.20. The Hall–Kier alpha value is -3.28. The number of rotatable bonds is 5. The Bertz CT molecular complexity index is 935. The van der Waals surface area contributed by atoms with Gasteiger partial charge in [0.05, 0.1) is 0 Å². The molecule has 0 unspecified atom stereocenters. The number of anilines is 1. The van der Waals surface area contributed by atoms with Crippen LogP contribution < -0.4 is 10.2 Å². The number of carbonyl (C=O) groups excluding carboxylic acids is 2. The summed E-state index contributed by atoms with van der Waals surface area (Å²) in [5, 5.41) is 3.93. The van der Waals surface area contributed by atoms with Gasteiger partial charge in [0.15, 0.2) is 0 Å². The van der Waals surface area contributed by atoms with Gasteiger partial charge in [-0.05, 0) is 29.8 Å². The van der Waals surface area contributed by atoms with Crippen molar-refractivity contribution in [2.45, 2.75) is 6.54 Å². The first-order chi connectivity index (χ1) is 12.7. The maximum Gasteiger partial charge on any atom is 0.325 e. The molecule has 2 aromatic carbocycles. The third-order valence-electron chi connectivity index (χ3n) is 4.61. The van der Waals surface area contributed by atoms with E-state index in [0.29, 0.717) is 19.6 Å². The van der Waals surface area contributed by atoms with Gasteiger partial charge < -0.3 is 15.2 Å². The number of benzene rings is 2. The van der Waals surface area contributed by atoms with Crippen LogP contribution in [0.4, 0.5) is 10.5 Å². The number of nitrogens with one attached hydrogen (secondary N) is 2. The SMILES string of the molecule is O=C(CN1CCN(c2ccc3[nH]ccc3c2)C1=O)NCc1ccccc1. The first-order valence-corrected chi connectivity index (χ1v) is 8.65. The summed E-state index contributed by atoms with van der Waals surface area (Å²) in [7, 11) is 0. The lowest BCUT2D eigenvalue weighted by atomic mass is 10.2. The highest BCUT2D eigenvalue weighted by Crippen LogP contribution is 2.24. The minimum Gasteiger partial charge on any atom is -0.361 e. The number of urea groups is 1. The van der Waals surface area contributed by atoms with E-state index < -0.39 is 0 Å². The molecule has 6 nitrogen and oxygen atoms in total. The summed E-state index contributed by atoms with van der Waals surface area (Å²) in [6.45, 7) is 1.67. The second-order valence-electron chi connectivity index (χ2n) is 6.37. The Morgan fingerprint density at radius 3 is 2.77 bits per heavy atom. The first kappa shape index (κ1) is 16.2. The van der Waals surface area contributed by atoms with Crippen molar-refractivity contribution in [3.63, 3.8) is 0 Å². The Kier molecular flexibility index (Phi) is 4.31. The van der Waals surface area contributed by atoms with Gasteiger partial charge in [-0.3, -0.25) is 9.69 Å². The summed E-state index contributed by atoms with van der Waals surface area (Å²) in [5.41, 5.74) is 2.93. The summed E-state index contributed by atoms with van der Waals surface area (Å²) < 4.78 is 0. The summed E-state index contributed by atoms with van der Waals surface area (Å²) in [6.07, 6.45) is 1.88. The number of fused-ring (bicyclic) bond motifs is 1. The summed E-state index contributed by atoms with van der Waals surface area (Å²) in [6, 6.07) is 17.5. The smallest absolute Gasteiger partial charge is 0.325 e. The lowest BCUT2D eigenvalue weighted by molar-refractivity contribution is -0.121. The zero-order valence-corrected chi connectivity index (χ0v) is 14.3. The van der Waals surface area contributed by atoms with Crippen LogP contribution in [0, 0.1) is 0 Å². The number of aromatic amines is 1. The van der Waals surface area contributed by atoms with E-state index in [2.05, 4.69) is 10.3 Å². The van der Waals surface area contributed by atoms with E-state index in [4.69, 9.17) is 0 Å². The Morgan fingerprint density at radius 2 is 1.92 bits per heavy atom. The molecule has 1 aliphatic heterocycles. The molecule has 0 bridgehead atoms. The number of amides is 3. The third-order valence-corrected chi connectivity index (χ3v) is 4.61. The molecule has 1 saturated heterocycles. The van der Waals surface area contributed by atoms with Crippen LogP contribution in [-0.2, 0) is 11.3 Å². The van der Waals surface area contributed by atoms with Crippen LogP contribution in [-0.4, -0.2) is 41.5 Å². The average molecular weight is 348 g/mol. The van der Waals surface area contributed by atoms with Crippen LogP contribution >= 0.6 is 0 Å². The van der Waals surface area contributed by atoms with Crippen LogP contribution in [0.2, 0.25) is 0 Å². The van der Waals surface area contributed by atoms with Gasteiger partial charge in [-0.2, -0.15) is 0 Å². The number of hydrogen-bond donors (Lipinski definition) is 2. The van der Waals surface area contributed by atoms with Crippen molar-refractivity contribution in [1.82, 2.24) is 15.2 Å². The van der Waals surface area contributed by atoms with E-state index in [1.54, 1.807) is 9.80 Å². The molecule has 3 aromatic rings. The summed E-state index contributed by atoms with van der Waals surface area (Å²) >= 11 is 0. The van der Waals surface area contributed by atoms with Crippen LogP contribution in [0.15, 0.2) is 60.8 Å². The second-order valence-corrected chi connectivity index (χ2v) is 6.37.